The number of aliphatic hydroxyl groups is 1. The molecule has 0 amide bonds. The van der Waals surface area contributed by atoms with Crippen molar-refractivity contribution in [3.05, 3.63) is 27.6 Å². The Bertz CT molecular complexity index is 299. The molecular formula is C8H8INO2. The second-order valence-corrected chi connectivity index (χ2v) is 3.98. The number of aromatic nitrogens is 1. The van der Waals surface area contributed by atoms with Crippen LogP contribution in [-0.4, -0.2) is 23.3 Å². The maximum atomic E-state index is 9.81. The quantitative estimate of drug-likeness (QED) is 0.612. The van der Waals surface area contributed by atoms with Gasteiger partial charge in [0.05, 0.1) is 18.9 Å². The van der Waals surface area contributed by atoms with E-state index in [1.165, 1.54) is 0 Å². The van der Waals surface area contributed by atoms with Crippen molar-refractivity contribution in [1.82, 2.24) is 4.98 Å². The number of ether oxygens (including phenoxy) is 1. The van der Waals surface area contributed by atoms with Crippen LogP contribution in [0.3, 0.4) is 0 Å². The van der Waals surface area contributed by atoms with Gasteiger partial charge in [0.1, 0.15) is 3.70 Å². The molecule has 12 heavy (non-hydrogen) atoms. The molecule has 1 aromatic heterocycles. The van der Waals surface area contributed by atoms with Crippen LogP contribution in [0.15, 0.2) is 18.2 Å². The van der Waals surface area contributed by atoms with Gasteiger partial charge in [-0.3, -0.25) is 0 Å². The molecule has 1 aliphatic rings. The summed E-state index contributed by atoms with van der Waals surface area (Å²) < 4.78 is 5.83. The first-order valence-electron chi connectivity index (χ1n) is 3.64. The summed E-state index contributed by atoms with van der Waals surface area (Å²) in [7, 11) is 0. The molecule has 2 heterocycles. The van der Waals surface area contributed by atoms with Crippen LogP contribution in [0.2, 0.25) is 0 Å². The minimum atomic E-state index is -0.832. The van der Waals surface area contributed by atoms with Gasteiger partial charge in [0.2, 0.25) is 0 Å². The van der Waals surface area contributed by atoms with E-state index in [1.807, 2.05) is 18.2 Å². The Morgan fingerprint density at radius 1 is 1.50 bits per heavy atom. The number of hydrogen-bond donors (Lipinski definition) is 1. The number of hydrogen-bond acceptors (Lipinski definition) is 3. The third kappa shape index (κ3) is 1.34. The van der Waals surface area contributed by atoms with E-state index < -0.39 is 5.60 Å². The Kier molecular flexibility index (Phi) is 2.05. The molecular weight excluding hydrogens is 269 g/mol. The molecule has 0 aliphatic carbocycles. The molecule has 2 rings (SSSR count). The second kappa shape index (κ2) is 2.93. The first-order valence-corrected chi connectivity index (χ1v) is 4.72. The van der Waals surface area contributed by atoms with Crippen LogP contribution in [0.1, 0.15) is 5.69 Å². The smallest absolute Gasteiger partial charge is 0.153 e. The Balaban J connectivity index is 2.33. The van der Waals surface area contributed by atoms with Gasteiger partial charge in [-0.15, -0.1) is 0 Å². The van der Waals surface area contributed by atoms with Gasteiger partial charge >= 0.3 is 0 Å². The second-order valence-electron chi connectivity index (χ2n) is 2.87. The monoisotopic (exact) mass is 277 g/mol. The Morgan fingerprint density at radius 3 is 2.75 bits per heavy atom. The Labute approximate surface area is 83.9 Å². The Hall–Kier alpha value is -0.200. The highest BCUT2D eigenvalue weighted by molar-refractivity contribution is 14.1. The van der Waals surface area contributed by atoms with Crippen molar-refractivity contribution >= 4 is 22.6 Å². The number of halogens is 1. The van der Waals surface area contributed by atoms with E-state index in [0.29, 0.717) is 18.9 Å². The fourth-order valence-corrected chi connectivity index (χ4v) is 1.58. The highest BCUT2D eigenvalue weighted by atomic mass is 127. The predicted molar refractivity (Wildman–Crippen MR) is 51.7 cm³/mol. The van der Waals surface area contributed by atoms with E-state index in [9.17, 15) is 5.11 Å². The van der Waals surface area contributed by atoms with Crippen LogP contribution in [0.4, 0.5) is 0 Å². The van der Waals surface area contributed by atoms with Crippen molar-refractivity contribution in [3.8, 4) is 0 Å². The SMILES string of the molecule is OC1(c2cccc(I)n2)COC1. The first-order chi connectivity index (χ1) is 5.71. The van der Waals surface area contributed by atoms with Gasteiger partial charge in [-0.25, -0.2) is 4.98 Å². The molecule has 0 spiro atoms. The number of nitrogens with zero attached hydrogens (tertiary/aromatic N) is 1. The van der Waals surface area contributed by atoms with Gasteiger partial charge in [-0.1, -0.05) is 6.07 Å². The molecule has 1 N–H and O–H groups in total. The third-order valence-corrected chi connectivity index (χ3v) is 2.47. The predicted octanol–water partition coefficient (Wildman–Crippen LogP) is 0.904. The topological polar surface area (TPSA) is 42.4 Å². The summed E-state index contributed by atoms with van der Waals surface area (Å²) in [5.41, 5.74) is -0.123. The van der Waals surface area contributed by atoms with Gasteiger partial charge < -0.3 is 9.84 Å². The minimum absolute atomic E-state index is 0.361. The molecule has 0 aromatic carbocycles. The number of pyridine rings is 1. The summed E-state index contributed by atoms with van der Waals surface area (Å²) in [6.45, 7) is 0.722. The lowest BCUT2D eigenvalue weighted by atomic mass is 9.97. The van der Waals surface area contributed by atoms with E-state index >= 15 is 0 Å². The lowest BCUT2D eigenvalue weighted by molar-refractivity contribution is -0.186. The molecule has 3 nitrogen and oxygen atoms in total. The zero-order valence-corrected chi connectivity index (χ0v) is 8.48. The summed E-state index contributed by atoms with van der Waals surface area (Å²) in [4.78, 5) is 4.22. The summed E-state index contributed by atoms with van der Waals surface area (Å²) in [6.07, 6.45) is 0. The molecule has 1 fully saturated rings. The molecule has 0 saturated carbocycles. The van der Waals surface area contributed by atoms with Gasteiger partial charge in [0, 0.05) is 0 Å². The fraction of sp³-hybridized carbons (Fsp3) is 0.375. The summed E-state index contributed by atoms with van der Waals surface area (Å²) >= 11 is 2.12. The summed E-state index contributed by atoms with van der Waals surface area (Å²) in [6, 6.07) is 5.61. The van der Waals surface area contributed by atoms with Crippen LogP contribution >= 0.6 is 22.6 Å². The van der Waals surface area contributed by atoms with Crippen molar-refractivity contribution < 1.29 is 9.84 Å². The van der Waals surface area contributed by atoms with Crippen LogP contribution in [0.5, 0.6) is 0 Å². The highest BCUT2D eigenvalue weighted by Crippen LogP contribution is 2.27. The van der Waals surface area contributed by atoms with Crippen molar-refractivity contribution in [3.63, 3.8) is 0 Å². The summed E-state index contributed by atoms with van der Waals surface area (Å²) in [5.74, 6) is 0. The minimum Gasteiger partial charge on any atom is -0.379 e. The molecule has 0 atom stereocenters. The molecule has 1 aromatic rings. The van der Waals surface area contributed by atoms with Crippen LogP contribution in [0, 0.1) is 3.70 Å². The molecule has 1 saturated heterocycles. The molecule has 1 aliphatic heterocycles. The van der Waals surface area contributed by atoms with E-state index in [2.05, 4.69) is 27.6 Å². The fourth-order valence-electron chi connectivity index (χ4n) is 1.11. The van der Waals surface area contributed by atoms with Gasteiger partial charge in [-0.05, 0) is 34.7 Å². The maximum Gasteiger partial charge on any atom is 0.153 e. The lowest BCUT2D eigenvalue weighted by Crippen LogP contribution is -2.47. The first kappa shape index (κ1) is 8.40. The molecule has 0 bridgehead atoms. The third-order valence-electron chi connectivity index (χ3n) is 1.87. The lowest BCUT2D eigenvalue weighted by Gasteiger charge is -2.35. The average molecular weight is 277 g/mol. The molecule has 4 heteroatoms. The van der Waals surface area contributed by atoms with Crippen molar-refractivity contribution in [2.45, 2.75) is 5.60 Å². The zero-order valence-electron chi connectivity index (χ0n) is 6.33. The van der Waals surface area contributed by atoms with E-state index in [-0.39, 0.29) is 0 Å². The van der Waals surface area contributed by atoms with Gasteiger partial charge in [-0.2, -0.15) is 0 Å². The highest BCUT2D eigenvalue weighted by Gasteiger charge is 2.39. The van der Waals surface area contributed by atoms with Crippen molar-refractivity contribution in [2.75, 3.05) is 13.2 Å². The number of rotatable bonds is 1. The van der Waals surface area contributed by atoms with Gasteiger partial charge in [0.25, 0.3) is 0 Å². The van der Waals surface area contributed by atoms with E-state index in [0.717, 1.165) is 3.70 Å². The van der Waals surface area contributed by atoms with Crippen LogP contribution in [0.25, 0.3) is 0 Å². The van der Waals surface area contributed by atoms with Crippen LogP contribution in [-0.2, 0) is 10.3 Å². The standard InChI is InChI=1S/C8H8INO2/c9-7-3-1-2-6(10-7)8(11)4-12-5-8/h1-3,11H,4-5H2. The van der Waals surface area contributed by atoms with E-state index in [4.69, 9.17) is 4.74 Å². The molecule has 64 valence electrons. The van der Waals surface area contributed by atoms with Gasteiger partial charge in [0.15, 0.2) is 5.60 Å². The van der Waals surface area contributed by atoms with E-state index in [1.54, 1.807) is 0 Å². The summed E-state index contributed by atoms with van der Waals surface area (Å²) in [5, 5.41) is 9.81. The maximum absolute atomic E-state index is 9.81. The molecule has 0 radical (unpaired) electrons. The average Bonchev–Trinajstić information content (AvgIpc) is 2.00. The molecule has 0 unspecified atom stereocenters. The van der Waals surface area contributed by atoms with Crippen LogP contribution < -0.4 is 0 Å². The zero-order chi connectivity index (χ0) is 8.60. The Morgan fingerprint density at radius 2 is 2.25 bits per heavy atom. The van der Waals surface area contributed by atoms with Crippen molar-refractivity contribution in [1.29, 1.82) is 0 Å². The largest absolute Gasteiger partial charge is 0.379 e. The van der Waals surface area contributed by atoms with Crippen molar-refractivity contribution in [2.24, 2.45) is 0 Å². The normalized spacial score (nSPS) is 20.2.